The summed E-state index contributed by atoms with van der Waals surface area (Å²) in [7, 11) is -3.80. The molecule has 1 aliphatic carbocycles. The van der Waals surface area contributed by atoms with E-state index in [1.54, 1.807) is 31.7 Å². The molecule has 2 saturated heterocycles. The predicted octanol–water partition coefficient (Wildman–Crippen LogP) is 3.83. The maximum absolute atomic E-state index is 14.1. The fourth-order valence-corrected chi connectivity index (χ4v) is 8.40. The van der Waals surface area contributed by atoms with Crippen LogP contribution in [0.4, 0.5) is 10.6 Å². The van der Waals surface area contributed by atoms with Crippen LogP contribution in [-0.2, 0) is 32.7 Å². The van der Waals surface area contributed by atoms with Gasteiger partial charge >= 0.3 is 19.7 Å². The fourth-order valence-electron chi connectivity index (χ4n) is 6.63. The number of nitrogens with one attached hydrogen (secondary N) is 1. The van der Waals surface area contributed by atoms with Crippen molar-refractivity contribution in [3.05, 3.63) is 42.1 Å². The van der Waals surface area contributed by atoms with Crippen molar-refractivity contribution in [1.29, 1.82) is 0 Å². The lowest BCUT2D eigenvalue weighted by atomic mass is 10.2. The number of piperidine rings is 1. The van der Waals surface area contributed by atoms with Crippen molar-refractivity contribution in [3.8, 4) is 11.4 Å². The Morgan fingerprint density at radius 1 is 0.882 bits per heavy atom. The fraction of sp³-hybridized carbons (Fsp3) is 0.600. The topological polar surface area (TPSA) is 170 Å². The first-order valence-electron chi connectivity index (χ1n) is 17.9. The van der Waals surface area contributed by atoms with Crippen LogP contribution in [0, 0.1) is 17.8 Å². The molecule has 2 unspecified atom stereocenters. The van der Waals surface area contributed by atoms with Crippen LogP contribution in [0.5, 0.6) is 0 Å². The minimum atomic E-state index is -3.80. The highest BCUT2D eigenvalue weighted by molar-refractivity contribution is 7.54. The molecule has 0 bridgehead atoms. The molecular weight excluding hydrogens is 679 g/mol. The van der Waals surface area contributed by atoms with Gasteiger partial charge in [0.1, 0.15) is 17.6 Å². The lowest BCUT2D eigenvalue weighted by molar-refractivity contribution is -0.145. The quantitative estimate of drug-likeness (QED) is 0.151. The van der Waals surface area contributed by atoms with Crippen LogP contribution in [0.2, 0.25) is 0 Å². The minimum Gasteiger partial charge on any atom is -0.466 e. The van der Waals surface area contributed by atoms with Crippen LogP contribution in [0.1, 0.15) is 51.0 Å². The third-order valence-electron chi connectivity index (χ3n) is 9.29. The molecule has 3 aliphatic rings. The first-order chi connectivity index (χ1) is 24.6. The summed E-state index contributed by atoms with van der Waals surface area (Å²) in [5, 5.41) is 2.78. The van der Waals surface area contributed by atoms with Crippen molar-refractivity contribution in [2.45, 2.75) is 46.6 Å². The number of rotatable bonds is 16. The second-order valence-corrected chi connectivity index (χ2v) is 14.9. The molecule has 15 nitrogen and oxygen atoms in total. The number of carbonyl (C=O) groups is 4. The predicted molar refractivity (Wildman–Crippen MR) is 188 cm³/mol. The maximum Gasteiger partial charge on any atom is 0.409 e. The Bertz CT molecular complexity index is 1570. The molecular formula is C35H49N6O9P. The highest BCUT2D eigenvalue weighted by Crippen LogP contribution is 2.53. The largest absolute Gasteiger partial charge is 0.466 e. The molecule has 1 saturated carbocycles. The normalized spacial score (nSPS) is 20.4. The number of hydrogen-bond donors (Lipinski definition) is 1. The van der Waals surface area contributed by atoms with Crippen molar-refractivity contribution in [2.24, 2.45) is 17.8 Å². The Balaban J connectivity index is 1.37. The number of ether oxygens (including phenoxy) is 2. The molecule has 3 fully saturated rings. The van der Waals surface area contributed by atoms with Gasteiger partial charge in [-0.05, 0) is 39.0 Å². The molecule has 2 aromatic rings. The second kappa shape index (κ2) is 17.4. The number of hydrogen-bond acceptors (Lipinski definition) is 12. The summed E-state index contributed by atoms with van der Waals surface area (Å²) in [4.78, 5) is 67.5. The Kier molecular flexibility index (Phi) is 13.0. The molecule has 2 aliphatic heterocycles. The average Bonchev–Trinajstić information content (AvgIpc) is 3.64. The number of esters is 1. The third-order valence-corrected chi connectivity index (χ3v) is 11.4. The van der Waals surface area contributed by atoms with Gasteiger partial charge in [0.2, 0.25) is 5.91 Å². The molecule has 0 radical (unpaired) electrons. The van der Waals surface area contributed by atoms with Gasteiger partial charge in [0.15, 0.2) is 5.82 Å². The number of nitrogens with zero attached hydrogens (tertiary/aromatic N) is 5. The van der Waals surface area contributed by atoms with Gasteiger partial charge < -0.3 is 38.5 Å². The molecule has 1 aromatic carbocycles. The van der Waals surface area contributed by atoms with E-state index in [4.69, 9.17) is 23.5 Å². The monoisotopic (exact) mass is 728 g/mol. The Morgan fingerprint density at radius 3 is 2.14 bits per heavy atom. The van der Waals surface area contributed by atoms with Crippen LogP contribution in [0.3, 0.4) is 0 Å². The van der Waals surface area contributed by atoms with E-state index < -0.39 is 37.7 Å². The zero-order chi connectivity index (χ0) is 36.5. The number of amides is 3. The van der Waals surface area contributed by atoms with Crippen LogP contribution in [0.15, 0.2) is 36.4 Å². The van der Waals surface area contributed by atoms with Gasteiger partial charge in [0.05, 0.1) is 38.5 Å². The van der Waals surface area contributed by atoms with Gasteiger partial charge in [-0.2, -0.15) is 0 Å². The first-order valence-corrected chi connectivity index (χ1v) is 19.6. The number of fused-ring (bicyclic) bond motifs is 1. The van der Waals surface area contributed by atoms with E-state index in [2.05, 4.69) is 10.3 Å². The second-order valence-electron chi connectivity index (χ2n) is 12.7. The molecule has 51 heavy (non-hydrogen) atoms. The van der Waals surface area contributed by atoms with Crippen LogP contribution in [0.25, 0.3) is 11.4 Å². The lowest BCUT2D eigenvalue weighted by Gasteiger charge is -2.36. The summed E-state index contributed by atoms with van der Waals surface area (Å²) in [6.07, 6.45) is 0.836. The van der Waals surface area contributed by atoms with Gasteiger partial charge in [-0.15, -0.1) is 0 Å². The number of anilines is 1. The number of piperazine rings is 1. The third kappa shape index (κ3) is 9.43. The van der Waals surface area contributed by atoms with E-state index in [9.17, 15) is 23.7 Å². The zero-order valence-corrected chi connectivity index (χ0v) is 30.7. The summed E-state index contributed by atoms with van der Waals surface area (Å²) in [5.41, 5.74) is 0.708. The van der Waals surface area contributed by atoms with E-state index >= 15 is 0 Å². The number of aromatic nitrogens is 2. The summed E-state index contributed by atoms with van der Waals surface area (Å²) in [6.45, 7) is 10.00. The van der Waals surface area contributed by atoms with Crippen molar-refractivity contribution >= 4 is 37.3 Å². The van der Waals surface area contributed by atoms with Crippen molar-refractivity contribution < 1.29 is 42.3 Å². The van der Waals surface area contributed by atoms with E-state index in [0.717, 1.165) is 12.8 Å². The SMILES string of the molecule is CCCCOC(=O)N1CCN(C(=O)[C@H](CP(=O)(OCC)OCC)NC(=O)c2cc(N3CC4C(C3)C4C(=O)OCC)nc(-c3ccccc3)n2)CC1. The lowest BCUT2D eigenvalue weighted by Crippen LogP contribution is -2.57. The van der Waals surface area contributed by atoms with E-state index in [1.807, 2.05) is 42.2 Å². The molecule has 0 spiro atoms. The van der Waals surface area contributed by atoms with E-state index in [1.165, 1.54) is 4.90 Å². The summed E-state index contributed by atoms with van der Waals surface area (Å²) in [6, 6.07) is 9.52. The van der Waals surface area contributed by atoms with Crippen LogP contribution >= 0.6 is 7.60 Å². The molecule has 3 atom stereocenters. The Labute approximate surface area is 298 Å². The summed E-state index contributed by atoms with van der Waals surface area (Å²) < 4.78 is 35.3. The van der Waals surface area contributed by atoms with Crippen molar-refractivity contribution in [2.75, 3.05) is 76.8 Å². The molecule has 3 heterocycles. The van der Waals surface area contributed by atoms with Gasteiger partial charge in [-0.3, -0.25) is 18.9 Å². The highest BCUT2D eigenvalue weighted by Gasteiger charge is 2.60. The van der Waals surface area contributed by atoms with Gasteiger partial charge in [-0.1, -0.05) is 43.7 Å². The van der Waals surface area contributed by atoms with Crippen molar-refractivity contribution in [1.82, 2.24) is 25.1 Å². The first kappa shape index (κ1) is 38.2. The zero-order valence-electron chi connectivity index (χ0n) is 29.8. The number of unbranched alkanes of at least 4 members (excludes halogenated alkanes) is 1. The molecule has 16 heteroatoms. The molecule has 1 N–H and O–H groups in total. The highest BCUT2D eigenvalue weighted by atomic mass is 31.2. The van der Waals surface area contributed by atoms with E-state index in [-0.39, 0.29) is 68.8 Å². The molecule has 278 valence electrons. The maximum atomic E-state index is 14.1. The minimum absolute atomic E-state index is 0.0152. The number of benzene rings is 1. The van der Waals surface area contributed by atoms with Crippen LogP contribution < -0.4 is 10.2 Å². The van der Waals surface area contributed by atoms with Gasteiger partial charge in [-0.25, -0.2) is 14.8 Å². The van der Waals surface area contributed by atoms with Gasteiger partial charge in [0, 0.05) is 50.9 Å². The van der Waals surface area contributed by atoms with Crippen LogP contribution in [-0.4, -0.2) is 122 Å². The Hall–Kier alpha value is -4.07. The number of carbonyl (C=O) groups excluding carboxylic acids is 4. The molecule has 1 aromatic heterocycles. The Morgan fingerprint density at radius 2 is 1.53 bits per heavy atom. The van der Waals surface area contributed by atoms with Gasteiger partial charge in [0.25, 0.3) is 5.91 Å². The smallest absolute Gasteiger partial charge is 0.409 e. The summed E-state index contributed by atoms with van der Waals surface area (Å²) >= 11 is 0. The van der Waals surface area contributed by atoms with Crippen molar-refractivity contribution in [3.63, 3.8) is 0 Å². The molecule has 3 amide bonds. The standard InChI is InChI=1S/C35H49N6O9P/c1-5-9-19-48-35(45)40-17-15-39(16-18-40)33(43)28(23-51(46,49-7-3)50-8-4)37-32(42)27-20-29(38-31(36-27)24-13-11-10-12-14-24)41-21-25-26(22-41)30(25)34(44)47-6-2/h10-14,20,25-26,28,30H,5-9,15-19,21-23H2,1-4H3,(H,37,42)/t25?,26?,28-,30?/m0/s1. The average molecular weight is 729 g/mol. The molecule has 5 rings (SSSR count). The van der Waals surface area contributed by atoms with E-state index in [0.29, 0.717) is 43.5 Å². The summed E-state index contributed by atoms with van der Waals surface area (Å²) in [5.74, 6) is -0.342.